The van der Waals surface area contributed by atoms with Crippen molar-refractivity contribution in [2.24, 2.45) is 0 Å². The van der Waals surface area contributed by atoms with Crippen LogP contribution in [0.2, 0.25) is 0 Å². The maximum Gasteiger partial charge on any atom is 0.490 e. The van der Waals surface area contributed by atoms with Crippen molar-refractivity contribution in [3.05, 3.63) is 59.7 Å². The molecule has 13 heteroatoms. The normalized spacial score (nSPS) is 17.2. The van der Waals surface area contributed by atoms with E-state index >= 15 is 0 Å². The molecular formula is C25H26F5N5O3. The van der Waals surface area contributed by atoms with Crippen molar-refractivity contribution in [1.82, 2.24) is 15.3 Å². The van der Waals surface area contributed by atoms with Gasteiger partial charge in [-0.1, -0.05) is 12.1 Å². The monoisotopic (exact) mass is 539 g/mol. The van der Waals surface area contributed by atoms with E-state index in [4.69, 9.17) is 9.90 Å². The van der Waals surface area contributed by atoms with Crippen LogP contribution in [0.5, 0.6) is 0 Å². The molecule has 204 valence electrons. The zero-order valence-corrected chi connectivity index (χ0v) is 20.5. The number of anilines is 2. The summed E-state index contributed by atoms with van der Waals surface area (Å²) in [6.45, 7) is 0. The van der Waals surface area contributed by atoms with Gasteiger partial charge < -0.3 is 20.6 Å². The zero-order valence-electron chi connectivity index (χ0n) is 20.5. The third-order valence-electron chi connectivity index (χ3n) is 5.77. The largest absolute Gasteiger partial charge is 0.490 e. The number of nitrogens with zero attached hydrogens (tertiary/aromatic N) is 3. The van der Waals surface area contributed by atoms with Gasteiger partial charge in [-0.15, -0.1) is 0 Å². The van der Waals surface area contributed by atoms with E-state index in [1.54, 1.807) is 0 Å². The number of fused-ring (bicyclic) bond motifs is 1. The fourth-order valence-electron chi connectivity index (χ4n) is 3.98. The number of carbonyl (C=O) groups excluding carboxylic acids is 1. The van der Waals surface area contributed by atoms with Gasteiger partial charge in [0.25, 0.3) is 5.91 Å². The molecule has 3 N–H and O–H groups in total. The summed E-state index contributed by atoms with van der Waals surface area (Å²) in [5.41, 5.74) is 0.880. The number of nitrogens with one attached hydrogen (secondary N) is 2. The van der Waals surface area contributed by atoms with E-state index in [0.29, 0.717) is 5.95 Å². The van der Waals surface area contributed by atoms with Gasteiger partial charge in [0.2, 0.25) is 5.95 Å². The Morgan fingerprint density at radius 3 is 2.05 bits per heavy atom. The molecule has 38 heavy (non-hydrogen) atoms. The van der Waals surface area contributed by atoms with Gasteiger partial charge in [-0.3, -0.25) is 4.79 Å². The van der Waals surface area contributed by atoms with E-state index in [1.807, 2.05) is 43.3 Å². The molecule has 0 saturated heterocycles. The van der Waals surface area contributed by atoms with Crippen molar-refractivity contribution < 1.29 is 36.6 Å². The van der Waals surface area contributed by atoms with Crippen LogP contribution in [-0.4, -0.2) is 59.3 Å². The molecule has 0 aliphatic heterocycles. The van der Waals surface area contributed by atoms with Gasteiger partial charge in [-0.2, -0.15) is 18.2 Å². The van der Waals surface area contributed by atoms with Crippen LogP contribution in [-0.2, 0) is 4.79 Å². The Hall–Kier alpha value is -4.03. The van der Waals surface area contributed by atoms with Gasteiger partial charge >= 0.3 is 12.1 Å². The summed E-state index contributed by atoms with van der Waals surface area (Å²) in [7, 11) is 3.91. The highest BCUT2D eigenvalue weighted by Crippen LogP contribution is 2.26. The number of hydrogen-bond donors (Lipinski definition) is 3. The van der Waals surface area contributed by atoms with Crippen molar-refractivity contribution in [2.45, 2.75) is 43.9 Å². The number of amides is 1. The summed E-state index contributed by atoms with van der Waals surface area (Å²) >= 11 is 0. The number of carboxylic acid groups (broad SMARTS) is 1. The van der Waals surface area contributed by atoms with Crippen LogP contribution in [0.15, 0.2) is 42.5 Å². The number of rotatable bonds is 5. The molecule has 1 amide bonds. The summed E-state index contributed by atoms with van der Waals surface area (Å²) < 4.78 is 58.5. The predicted molar refractivity (Wildman–Crippen MR) is 131 cm³/mol. The molecule has 3 aromatic rings. The second kappa shape index (κ2) is 12.0. The standard InChI is InChI=1S/C23H25F2N5O.C2HF3O2/c1-30(2)21-19-5-3-4-6-20(19)28-23(29-21)27-18-9-7-17(8-10-18)26-22(31)14-11-15(24)13-16(25)12-14;3-2(4,5)1(6)7/h3-6,11-13,17-18H,7-10H2,1-2H3,(H,26,31)(H,27,28,29);(H,6,7). The number of aromatic nitrogens is 2. The minimum absolute atomic E-state index is 0.00136. The van der Waals surface area contributed by atoms with Gasteiger partial charge in [-0.05, 0) is 49.9 Å². The van der Waals surface area contributed by atoms with Gasteiger partial charge in [0.15, 0.2) is 0 Å². The van der Waals surface area contributed by atoms with Crippen LogP contribution < -0.4 is 15.5 Å². The Morgan fingerprint density at radius 1 is 0.947 bits per heavy atom. The molecule has 1 aromatic heterocycles. The van der Waals surface area contributed by atoms with Gasteiger partial charge in [0, 0.05) is 43.2 Å². The molecule has 1 aliphatic rings. The first-order chi connectivity index (χ1) is 17.8. The minimum Gasteiger partial charge on any atom is -0.475 e. The average molecular weight is 540 g/mol. The SMILES string of the molecule is CN(C)c1nc(NC2CCC(NC(=O)c3cc(F)cc(F)c3)CC2)nc2ccccc12.O=C(O)C(F)(F)F. The molecule has 0 radical (unpaired) electrons. The van der Waals surface area contributed by atoms with Crippen molar-refractivity contribution in [1.29, 1.82) is 0 Å². The molecule has 0 spiro atoms. The first kappa shape index (κ1) is 28.5. The summed E-state index contributed by atoms with van der Waals surface area (Å²) in [6.07, 6.45) is -1.91. The Morgan fingerprint density at radius 2 is 1.50 bits per heavy atom. The average Bonchev–Trinajstić information content (AvgIpc) is 2.84. The molecule has 0 bridgehead atoms. The number of carbonyl (C=O) groups is 2. The predicted octanol–water partition coefficient (Wildman–Crippen LogP) is 4.76. The Kier molecular flexibility index (Phi) is 9.02. The molecule has 8 nitrogen and oxygen atoms in total. The number of hydrogen-bond acceptors (Lipinski definition) is 6. The van der Waals surface area contributed by atoms with Crippen molar-refractivity contribution in [3.8, 4) is 0 Å². The second-order valence-corrected chi connectivity index (χ2v) is 8.91. The Balaban J connectivity index is 0.000000505. The number of alkyl halides is 3. The number of carboxylic acids is 1. The third kappa shape index (κ3) is 7.73. The lowest BCUT2D eigenvalue weighted by Gasteiger charge is -2.30. The molecule has 1 fully saturated rings. The molecular weight excluding hydrogens is 513 g/mol. The van der Waals surface area contributed by atoms with Crippen molar-refractivity contribution >= 4 is 34.5 Å². The van der Waals surface area contributed by atoms with Gasteiger partial charge in [0.05, 0.1) is 5.52 Å². The summed E-state index contributed by atoms with van der Waals surface area (Å²) in [6, 6.07) is 10.9. The van der Waals surface area contributed by atoms with E-state index < -0.39 is 29.7 Å². The Labute approximate surface area is 214 Å². The lowest BCUT2D eigenvalue weighted by atomic mass is 9.91. The number of halogens is 5. The summed E-state index contributed by atoms with van der Waals surface area (Å²) in [5, 5.41) is 14.4. The highest BCUT2D eigenvalue weighted by atomic mass is 19.4. The number of benzene rings is 2. The summed E-state index contributed by atoms with van der Waals surface area (Å²) in [5.74, 6) is -3.28. The lowest BCUT2D eigenvalue weighted by Crippen LogP contribution is -2.40. The van der Waals surface area contributed by atoms with Crippen LogP contribution >= 0.6 is 0 Å². The van der Waals surface area contributed by atoms with Crippen LogP contribution in [0.4, 0.5) is 33.7 Å². The molecule has 0 unspecified atom stereocenters. The maximum absolute atomic E-state index is 13.4. The van der Waals surface area contributed by atoms with Crippen molar-refractivity contribution in [2.75, 3.05) is 24.3 Å². The fourth-order valence-corrected chi connectivity index (χ4v) is 3.98. The minimum atomic E-state index is -5.08. The van der Waals surface area contributed by atoms with Crippen LogP contribution in [0.3, 0.4) is 0 Å². The van der Waals surface area contributed by atoms with Crippen LogP contribution in [0.1, 0.15) is 36.0 Å². The first-order valence-corrected chi connectivity index (χ1v) is 11.6. The van der Waals surface area contributed by atoms with E-state index in [9.17, 15) is 26.7 Å². The number of para-hydroxylation sites is 1. The van der Waals surface area contributed by atoms with E-state index in [-0.39, 0.29) is 17.6 Å². The Bertz CT molecular complexity index is 1270. The molecule has 0 atom stereocenters. The highest BCUT2D eigenvalue weighted by Gasteiger charge is 2.38. The lowest BCUT2D eigenvalue weighted by molar-refractivity contribution is -0.192. The quantitative estimate of drug-likeness (QED) is 0.402. The maximum atomic E-state index is 13.4. The van der Waals surface area contributed by atoms with Gasteiger partial charge in [0.1, 0.15) is 17.5 Å². The molecule has 1 aliphatic carbocycles. The van der Waals surface area contributed by atoms with E-state index in [2.05, 4.69) is 20.6 Å². The van der Waals surface area contributed by atoms with E-state index in [0.717, 1.165) is 60.6 Å². The van der Waals surface area contributed by atoms with E-state index in [1.165, 1.54) is 0 Å². The zero-order chi connectivity index (χ0) is 28.0. The fraction of sp³-hybridized carbons (Fsp3) is 0.360. The smallest absolute Gasteiger partial charge is 0.475 e. The van der Waals surface area contributed by atoms with Gasteiger partial charge in [-0.25, -0.2) is 18.6 Å². The van der Waals surface area contributed by atoms with Crippen LogP contribution in [0.25, 0.3) is 10.9 Å². The molecule has 1 heterocycles. The first-order valence-electron chi connectivity index (χ1n) is 11.6. The number of aliphatic carboxylic acids is 1. The molecule has 2 aromatic carbocycles. The summed E-state index contributed by atoms with van der Waals surface area (Å²) in [4.78, 5) is 32.5. The molecule has 4 rings (SSSR count). The second-order valence-electron chi connectivity index (χ2n) is 8.91. The van der Waals surface area contributed by atoms with Crippen LogP contribution in [0, 0.1) is 11.6 Å². The third-order valence-corrected chi connectivity index (χ3v) is 5.77. The topological polar surface area (TPSA) is 107 Å². The van der Waals surface area contributed by atoms with Crippen molar-refractivity contribution in [3.63, 3.8) is 0 Å². The highest BCUT2D eigenvalue weighted by molar-refractivity contribution is 5.94. The molecule has 1 saturated carbocycles.